The molecule has 2 aromatic heterocycles. The minimum atomic E-state index is -0.0379. The lowest BCUT2D eigenvalue weighted by Gasteiger charge is -2.15. The number of carbonyl (C=O) groups is 1. The number of amides is 1. The van der Waals surface area contributed by atoms with E-state index in [2.05, 4.69) is 40.0 Å². The third kappa shape index (κ3) is 4.80. The highest BCUT2D eigenvalue weighted by Gasteiger charge is 2.42. The van der Waals surface area contributed by atoms with Gasteiger partial charge in [0.25, 0.3) is 0 Å². The van der Waals surface area contributed by atoms with E-state index in [-0.39, 0.29) is 11.8 Å². The summed E-state index contributed by atoms with van der Waals surface area (Å²) in [5.41, 5.74) is 10.2. The Morgan fingerprint density at radius 3 is 2.90 bits per heavy atom. The summed E-state index contributed by atoms with van der Waals surface area (Å²) in [5.74, 6) is 1.14. The number of carbonyl (C=O) groups excluding carboxylic acids is 1. The molecule has 0 aromatic carbocycles. The second kappa shape index (κ2) is 9.52. The van der Waals surface area contributed by atoms with Crippen molar-refractivity contribution in [2.75, 3.05) is 11.1 Å². The molecule has 3 rings (SSSR count). The van der Waals surface area contributed by atoms with Gasteiger partial charge in [0, 0.05) is 30.1 Å². The molecule has 1 fully saturated rings. The number of nitriles is 1. The first-order valence-electron chi connectivity index (χ1n) is 10.5. The standard InChI is InChI=1S/C24H28N6O/c1-5-17-19-12-21(29-24(31)18-11-16(18)7-6-9-25)28-13-20(19)23(26)30-22(17)15(3)14(2)8-10-27-4/h8,10,12-13,16,18H,4-7,11H2,1-3H3,(H2,26,30)(H,28,29,31)/b10-8-,15-14+/t16-,18-/m0/s1. The molecule has 7 heteroatoms. The quantitative estimate of drug-likeness (QED) is 0.479. The minimum Gasteiger partial charge on any atom is -0.383 e. The molecule has 0 unspecified atom stereocenters. The maximum Gasteiger partial charge on any atom is 0.228 e. The predicted molar refractivity (Wildman–Crippen MR) is 125 cm³/mol. The van der Waals surface area contributed by atoms with E-state index < -0.39 is 0 Å². The number of nitrogen functional groups attached to an aromatic ring is 1. The highest BCUT2D eigenvalue weighted by atomic mass is 16.2. The first-order chi connectivity index (χ1) is 14.9. The molecule has 1 aliphatic rings. The number of rotatable bonds is 8. The number of hydrogen-bond acceptors (Lipinski definition) is 6. The molecule has 0 radical (unpaired) electrons. The lowest BCUT2D eigenvalue weighted by atomic mass is 9.96. The molecular weight excluding hydrogens is 388 g/mol. The Hall–Kier alpha value is -3.53. The van der Waals surface area contributed by atoms with Gasteiger partial charge in [0.15, 0.2) is 0 Å². The number of aromatic nitrogens is 2. The average molecular weight is 417 g/mol. The van der Waals surface area contributed by atoms with Crippen LogP contribution < -0.4 is 11.1 Å². The van der Waals surface area contributed by atoms with Crippen molar-refractivity contribution in [3.8, 4) is 6.07 Å². The Balaban J connectivity index is 1.96. The van der Waals surface area contributed by atoms with E-state index >= 15 is 0 Å². The largest absolute Gasteiger partial charge is 0.383 e. The van der Waals surface area contributed by atoms with Crippen LogP contribution in [0.25, 0.3) is 16.3 Å². The lowest BCUT2D eigenvalue weighted by molar-refractivity contribution is -0.117. The fraction of sp³-hybridized carbons (Fsp3) is 0.375. The molecule has 0 spiro atoms. The van der Waals surface area contributed by atoms with E-state index in [9.17, 15) is 4.79 Å². The molecular formula is C24H28N6O. The monoisotopic (exact) mass is 416 g/mol. The van der Waals surface area contributed by atoms with Gasteiger partial charge in [-0.1, -0.05) is 6.92 Å². The second-order valence-electron chi connectivity index (χ2n) is 7.89. The lowest BCUT2D eigenvalue weighted by Crippen LogP contribution is -2.16. The molecule has 31 heavy (non-hydrogen) atoms. The van der Waals surface area contributed by atoms with E-state index in [0.29, 0.717) is 24.0 Å². The van der Waals surface area contributed by atoms with Crippen molar-refractivity contribution in [2.24, 2.45) is 16.8 Å². The van der Waals surface area contributed by atoms with E-state index in [1.54, 1.807) is 12.4 Å². The molecule has 1 aliphatic carbocycles. The summed E-state index contributed by atoms with van der Waals surface area (Å²) >= 11 is 0. The van der Waals surface area contributed by atoms with Gasteiger partial charge in [-0.3, -0.25) is 9.79 Å². The summed E-state index contributed by atoms with van der Waals surface area (Å²) in [5, 5.41) is 13.4. The van der Waals surface area contributed by atoms with Gasteiger partial charge in [-0.05, 0) is 80.0 Å². The summed E-state index contributed by atoms with van der Waals surface area (Å²) in [6.45, 7) is 9.55. The number of fused-ring (bicyclic) bond motifs is 1. The molecule has 2 heterocycles. The van der Waals surface area contributed by atoms with Gasteiger partial charge in [0.2, 0.25) is 5.91 Å². The molecule has 1 saturated carbocycles. The van der Waals surface area contributed by atoms with Gasteiger partial charge in [-0.15, -0.1) is 0 Å². The molecule has 160 valence electrons. The zero-order valence-corrected chi connectivity index (χ0v) is 18.3. The van der Waals surface area contributed by atoms with Crippen molar-refractivity contribution in [1.29, 1.82) is 5.26 Å². The highest BCUT2D eigenvalue weighted by molar-refractivity contribution is 6.00. The van der Waals surface area contributed by atoms with Crippen molar-refractivity contribution in [3.63, 3.8) is 0 Å². The highest BCUT2D eigenvalue weighted by Crippen LogP contribution is 2.42. The molecule has 1 amide bonds. The number of pyridine rings is 2. The van der Waals surface area contributed by atoms with E-state index in [0.717, 1.165) is 52.4 Å². The normalized spacial score (nSPS) is 18.5. The zero-order valence-electron chi connectivity index (χ0n) is 18.3. The Morgan fingerprint density at radius 2 is 2.23 bits per heavy atom. The summed E-state index contributed by atoms with van der Waals surface area (Å²) in [7, 11) is 0. The number of hydrogen-bond donors (Lipinski definition) is 2. The number of nitrogens with one attached hydrogen (secondary N) is 1. The number of aliphatic imine (C=N–C) groups is 1. The summed E-state index contributed by atoms with van der Waals surface area (Å²) in [4.78, 5) is 25.4. The Bertz CT molecular complexity index is 1130. The maximum absolute atomic E-state index is 12.6. The smallest absolute Gasteiger partial charge is 0.228 e. The van der Waals surface area contributed by atoms with Crippen molar-refractivity contribution < 1.29 is 4.79 Å². The molecule has 2 aromatic rings. The van der Waals surface area contributed by atoms with Crippen LogP contribution in [0, 0.1) is 23.2 Å². The van der Waals surface area contributed by atoms with Crippen LogP contribution in [0.1, 0.15) is 51.3 Å². The first kappa shape index (κ1) is 22.2. The van der Waals surface area contributed by atoms with E-state index in [1.165, 1.54) is 0 Å². The van der Waals surface area contributed by atoms with Crippen LogP contribution in [-0.2, 0) is 11.2 Å². The number of allylic oxidation sites excluding steroid dienone is 3. The van der Waals surface area contributed by atoms with Crippen molar-refractivity contribution in [3.05, 3.63) is 41.4 Å². The Labute approximate surface area is 182 Å². The van der Waals surface area contributed by atoms with Gasteiger partial charge in [0.1, 0.15) is 11.6 Å². The molecule has 3 N–H and O–H groups in total. The van der Waals surface area contributed by atoms with Crippen molar-refractivity contribution >= 4 is 40.6 Å². The second-order valence-corrected chi connectivity index (χ2v) is 7.89. The van der Waals surface area contributed by atoms with Crippen LogP contribution >= 0.6 is 0 Å². The Kier molecular flexibility index (Phi) is 6.81. The number of anilines is 2. The van der Waals surface area contributed by atoms with Gasteiger partial charge in [0.05, 0.1) is 11.8 Å². The predicted octanol–water partition coefficient (Wildman–Crippen LogP) is 4.66. The minimum absolute atomic E-state index is 0.0346. The third-order valence-corrected chi connectivity index (χ3v) is 5.89. The Morgan fingerprint density at radius 1 is 1.45 bits per heavy atom. The maximum atomic E-state index is 12.6. The van der Waals surface area contributed by atoms with Gasteiger partial charge < -0.3 is 11.1 Å². The number of nitrogens with two attached hydrogens (primary N) is 1. The summed E-state index contributed by atoms with van der Waals surface area (Å²) < 4.78 is 0. The van der Waals surface area contributed by atoms with Crippen molar-refractivity contribution in [1.82, 2.24) is 9.97 Å². The fourth-order valence-electron chi connectivity index (χ4n) is 3.85. The average Bonchev–Trinajstić information content (AvgIpc) is 3.55. The van der Waals surface area contributed by atoms with Crippen LogP contribution in [0.4, 0.5) is 11.6 Å². The van der Waals surface area contributed by atoms with E-state index in [4.69, 9.17) is 11.0 Å². The van der Waals surface area contributed by atoms with E-state index in [1.807, 2.05) is 26.0 Å². The molecule has 0 bridgehead atoms. The van der Waals surface area contributed by atoms with Gasteiger partial charge in [-0.2, -0.15) is 5.26 Å². The number of nitrogens with zero attached hydrogens (tertiary/aromatic N) is 4. The molecule has 0 saturated heterocycles. The van der Waals surface area contributed by atoms with Crippen LogP contribution in [0.2, 0.25) is 0 Å². The van der Waals surface area contributed by atoms with Crippen molar-refractivity contribution in [2.45, 2.75) is 46.5 Å². The van der Waals surface area contributed by atoms with Gasteiger partial charge in [-0.25, -0.2) is 9.97 Å². The molecule has 7 nitrogen and oxygen atoms in total. The third-order valence-electron chi connectivity index (χ3n) is 5.89. The fourth-order valence-corrected chi connectivity index (χ4v) is 3.85. The zero-order chi connectivity index (χ0) is 22.5. The topological polar surface area (TPSA) is 117 Å². The molecule has 0 aliphatic heterocycles. The van der Waals surface area contributed by atoms with Crippen LogP contribution in [0.3, 0.4) is 0 Å². The summed E-state index contributed by atoms with van der Waals surface area (Å²) in [6.07, 6.45) is 8.05. The first-order valence-corrected chi connectivity index (χ1v) is 10.5. The van der Waals surface area contributed by atoms with Crippen LogP contribution in [0.15, 0.2) is 35.1 Å². The number of aryl methyl sites for hydroxylation is 1. The summed E-state index contributed by atoms with van der Waals surface area (Å²) in [6, 6.07) is 4.02. The van der Waals surface area contributed by atoms with Crippen LogP contribution in [-0.4, -0.2) is 22.6 Å². The van der Waals surface area contributed by atoms with Crippen LogP contribution in [0.5, 0.6) is 0 Å². The van der Waals surface area contributed by atoms with Gasteiger partial charge >= 0.3 is 0 Å². The SMILES string of the molecule is C=N/C=C\C(C)=C(/C)c1nc(N)c2cnc(NC(=O)[C@H]3C[C@@H]3CCC#N)cc2c1CC. The molecule has 2 atom stereocenters.